The monoisotopic (exact) mass is 341 g/mol. The van der Waals surface area contributed by atoms with Crippen molar-refractivity contribution in [1.82, 2.24) is 5.32 Å². The molecule has 0 fully saturated rings. The van der Waals surface area contributed by atoms with Crippen molar-refractivity contribution in [2.75, 3.05) is 6.26 Å². The molecule has 0 aromatic heterocycles. The fourth-order valence-electron chi connectivity index (χ4n) is 1.76. The smallest absolute Gasteiger partial charge is 0.257 e. The first-order valence-electron chi connectivity index (χ1n) is 6.87. The summed E-state index contributed by atoms with van der Waals surface area (Å²) < 4.78 is 25.1. The number of nitrogens with zero attached hydrogens (tertiary/aromatic N) is 1. The van der Waals surface area contributed by atoms with E-state index in [0.717, 1.165) is 17.4 Å². The minimum absolute atomic E-state index is 0.312. The molecule has 0 spiro atoms. The van der Waals surface area contributed by atoms with E-state index in [1.807, 2.05) is 30.3 Å². The van der Waals surface area contributed by atoms with Gasteiger partial charge in [-0.15, -0.1) is 4.40 Å². The first-order chi connectivity index (χ1) is 11.3. The van der Waals surface area contributed by atoms with Gasteiger partial charge in [-0.25, -0.2) is 8.42 Å². The minimum Gasteiger partial charge on any atom is -0.369 e. The predicted molar refractivity (Wildman–Crippen MR) is 92.8 cm³/mol. The molecule has 0 unspecified atom stereocenters. The van der Waals surface area contributed by atoms with E-state index in [1.165, 1.54) is 0 Å². The van der Waals surface area contributed by atoms with Crippen molar-refractivity contribution < 1.29 is 13.2 Å². The zero-order chi connectivity index (χ0) is 17.6. The number of sulfonamides is 1. The molecule has 0 saturated heterocycles. The van der Waals surface area contributed by atoms with Crippen LogP contribution in [-0.4, -0.2) is 26.5 Å². The van der Waals surface area contributed by atoms with Crippen LogP contribution in [0.15, 0.2) is 59.0 Å². The van der Waals surface area contributed by atoms with Crippen molar-refractivity contribution in [1.29, 1.82) is 0 Å². The van der Waals surface area contributed by atoms with Gasteiger partial charge in [0.2, 0.25) is 5.96 Å². The number of guanidine groups is 1. The SMILES string of the molecule is CS(=O)(=O)N=C(N)NC(=O)c1ccc(C#Cc2ccccc2)cc1. The number of rotatable bonds is 2. The molecule has 2 rings (SSSR count). The van der Waals surface area contributed by atoms with E-state index in [1.54, 1.807) is 24.3 Å². The highest BCUT2D eigenvalue weighted by atomic mass is 32.2. The quantitative estimate of drug-likeness (QED) is 0.485. The largest absolute Gasteiger partial charge is 0.369 e. The molecule has 122 valence electrons. The molecule has 24 heavy (non-hydrogen) atoms. The Hall–Kier alpha value is -3.11. The normalized spacial score (nSPS) is 11.3. The molecule has 0 atom stereocenters. The third-order valence-corrected chi connectivity index (χ3v) is 3.31. The molecule has 0 bridgehead atoms. The van der Waals surface area contributed by atoms with E-state index in [4.69, 9.17) is 5.73 Å². The second-order valence-corrected chi connectivity index (χ2v) is 6.51. The van der Waals surface area contributed by atoms with E-state index < -0.39 is 21.9 Å². The number of hydrogen-bond acceptors (Lipinski definition) is 3. The zero-order valence-corrected chi connectivity index (χ0v) is 13.7. The molecule has 0 aliphatic heterocycles. The number of carbonyl (C=O) groups excluding carboxylic acids is 1. The third-order valence-electron chi connectivity index (χ3n) is 2.78. The van der Waals surface area contributed by atoms with Crippen LogP contribution < -0.4 is 11.1 Å². The number of amides is 1. The summed E-state index contributed by atoms with van der Waals surface area (Å²) in [5, 5.41) is 2.20. The summed E-state index contributed by atoms with van der Waals surface area (Å²) in [5.74, 6) is 4.97. The summed E-state index contributed by atoms with van der Waals surface area (Å²) in [6.07, 6.45) is 0.881. The highest BCUT2D eigenvalue weighted by Crippen LogP contribution is 2.04. The fourth-order valence-corrected chi connectivity index (χ4v) is 2.16. The Kier molecular flexibility index (Phi) is 5.35. The third kappa shape index (κ3) is 5.59. The molecule has 1 amide bonds. The van der Waals surface area contributed by atoms with Crippen molar-refractivity contribution in [3.63, 3.8) is 0 Å². The molecule has 0 saturated carbocycles. The summed E-state index contributed by atoms with van der Waals surface area (Å²) in [6, 6.07) is 16.0. The Morgan fingerprint density at radius 3 is 2.08 bits per heavy atom. The summed E-state index contributed by atoms with van der Waals surface area (Å²) in [7, 11) is -3.66. The van der Waals surface area contributed by atoms with Crippen LogP contribution in [0.4, 0.5) is 0 Å². The maximum absolute atomic E-state index is 11.9. The molecule has 6 nitrogen and oxygen atoms in total. The summed E-state index contributed by atoms with van der Waals surface area (Å²) in [6.45, 7) is 0. The lowest BCUT2D eigenvalue weighted by atomic mass is 10.1. The second kappa shape index (κ2) is 7.44. The first-order valence-corrected chi connectivity index (χ1v) is 8.72. The molecule has 7 heteroatoms. The number of benzene rings is 2. The zero-order valence-electron chi connectivity index (χ0n) is 12.9. The Morgan fingerprint density at radius 2 is 1.54 bits per heavy atom. The molecule has 0 radical (unpaired) electrons. The predicted octanol–water partition coefficient (Wildman–Crippen LogP) is 1.09. The molecular weight excluding hydrogens is 326 g/mol. The number of hydrogen-bond donors (Lipinski definition) is 2. The summed E-state index contributed by atoms with van der Waals surface area (Å²) >= 11 is 0. The van der Waals surface area contributed by atoms with Gasteiger partial charge in [-0.05, 0) is 36.4 Å². The summed E-state index contributed by atoms with van der Waals surface area (Å²) in [4.78, 5) is 11.9. The minimum atomic E-state index is -3.66. The standard InChI is InChI=1S/C17H15N3O3S/c1-24(22,23)20-17(18)19-16(21)15-11-9-14(10-12-15)8-7-13-5-3-2-4-6-13/h2-6,9-12H,1H3,(H3,18,19,20,21). The van der Waals surface area contributed by atoms with E-state index in [2.05, 4.69) is 21.6 Å². The Labute approximate surface area is 140 Å². The Bertz CT molecular complexity index is 923. The van der Waals surface area contributed by atoms with E-state index in [9.17, 15) is 13.2 Å². The maximum atomic E-state index is 11.9. The van der Waals surface area contributed by atoms with E-state index >= 15 is 0 Å². The van der Waals surface area contributed by atoms with Gasteiger partial charge in [0, 0.05) is 16.7 Å². The van der Waals surface area contributed by atoms with Crippen LogP contribution in [0.2, 0.25) is 0 Å². The lowest BCUT2D eigenvalue weighted by Crippen LogP contribution is -2.37. The lowest BCUT2D eigenvalue weighted by Gasteiger charge is -2.03. The van der Waals surface area contributed by atoms with E-state index in [-0.39, 0.29) is 0 Å². The molecule has 2 aromatic carbocycles. The number of carbonyl (C=O) groups is 1. The van der Waals surface area contributed by atoms with Gasteiger partial charge in [0.25, 0.3) is 15.9 Å². The Morgan fingerprint density at radius 1 is 1.00 bits per heavy atom. The maximum Gasteiger partial charge on any atom is 0.257 e. The molecule has 0 aliphatic rings. The van der Waals surface area contributed by atoms with Gasteiger partial charge >= 0.3 is 0 Å². The Balaban J connectivity index is 2.08. The van der Waals surface area contributed by atoms with Gasteiger partial charge in [0.15, 0.2) is 0 Å². The van der Waals surface area contributed by atoms with E-state index in [0.29, 0.717) is 5.56 Å². The van der Waals surface area contributed by atoms with Crippen molar-refractivity contribution in [3.05, 3.63) is 71.3 Å². The highest BCUT2D eigenvalue weighted by molar-refractivity contribution is 7.89. The van der Waals surface area contributed by atoms with Crippen LogP contribution in [0.1, 0.15) is 21.5 Å². The first kappa shape index (κ1) is 17.2. The topological polar surface area (TPSA) is 102 Å². The van der Waals surface area contributed by atoms with Crippen LogP contribution in [0, 0.1) is 11.8 Å². The highest BCUT2D eigenvalue weighted by Gasteiger charge is 2.08. The van der Waals surface area contributed by atoms with Gasteiger partial charge in [-0.1, -0.05) is 30.0 Å². The van der Waals surface area contributed by atoms with Crippen LogP contribution in [0.25, 0.3) is 0 Å². The molecule has 0 aliphatic carbocycles. The molecule has 2 aromatic rings. The molecule has 0 heterocycles. The molecular formula is C17H15N3O3S. The fraction of sp³-hybridized carbons (Fsp3) is 0.0588. The van der Waals surface area contributed by atoms with Gasteiger partial charge < -0.3 is 5.73 Å². The van der Waals surface area contributed by atoms with Crippen molar-refractivity contribution in [2.45, 2.75) is 0 Å². The summed E-state index contributed by atoms with van der Waals surface area (Å²) in [5.41, 5.74) is 7.30. The molecule has 3 N–H and O–H groups in total. The van der Waals surface area contributed by atoms with Crippen LogP contribution >= 0.6 is 0 Å². The van der Waals surface area contributed by atoms with Gasteiger partial charge in [-0.2, -0.15) is 0 Å². The van der Waals surface area contributed by atoms with Crippen LogP contribution in [0.5, 0.6) is 0 Å². The average Bonchev–Trinajstić information content (AvgIpc) is 2.52. The van der Waals surface area contributed by atoms with Crippen molar-refractivity contribution in [2.24, 2.45) is 10.1 Å². The van der Waals surface area contributed by atoms with Gasteiger partial charge in [-0.3, -0.25) is 10.1 Å². The number of nitrogens with one attached hydrogen (secondary N) is 1. The second-order valence-electron chi connectivity index (χ2n) is 4.86. The van der Waals surface area contributed by atoms with Crippen molar-refractivity contribution in [3.8, 4) is 11.8 Å². The van der Waals surface area contributed by atoms with Crippen LogP contribution in [0.3, 0.4) is 0 Å². The van der Waals surface area contributed by atoms with Crippen LogP contribution in [-0.2, 0) is 10.0 Å². The average molecular weight is 341 g/mol. The van der Waals surface area contributed by atoms with Crippen molar-refractivity contribution >= 4 is 21.9 Å². The van der Waals surface area contributed by atoms with Gasteiger partial charge in [0.05, 0.1) is 6.26 Å². The van der Waals surface area contributed by atoms with Gasteiger partial charge in [0.1, 0.15) is 0 Å². The number of nitrogens with two attached hydrogens (primary N) is 1. The lowest BCUT2D eigenvalue weighted by molar-refractivity contribution is 0.0977.